The molecular formula is C12H16N2O4S. The highest BCUT2D eigenvalue weighted by Crippen LogP contribution is 2.38. The van der Waals surface area contributed by atoms with Crippen LogP contribution in [0.1, 0.15) is 24.4 Å². The van der Waals surface area contributed by atoms with Crippen molar-refractivity contribution in [1.82, 2.24) is 4.31 Å². The molecule has 1 atom stereocenters. The third kappa shape index (κ3) is 2.41. The fraction of sp³-hybridized carbons (Fsp3) is 0.500. The second-order valence-electron chi connectivity index (χ2n) is 4.72. The van der Waals surface area contributed by atoms with Gasteiger partial charge in [-0.3, -0.25) is 0 Å². The normalized spacial score (nSPS) is 23.5. The molecule has 7 heteroatoms. The van der Waals surface area contributed by atoms with Gasteiger partial charge in [0, 0.05) is 6.54 Å². The summed E-state index contributed by atoms with van der Waals surface area (Å²) in [5, 5.41) is 5.25. The quantitative estimate of drug-likeness (QED) is 0.871. The number of rotatable bonds is 2. The largest absolute Gasteiger partial charge is 0.486 e. The summed E-state index contributed by atoms with van der Waals surface area (Å²) in [4.78, 5) is 0. The molecule has 104 valence electrons. The van der Waals surface area contributed by atoms with Crippen molar-refractivity contribution in [2.24, 2.45) is 5.14 Å². The molecule has 3 rings (SSSR count). The molecule has 1 fully saturated rings. The van der Waals surface area contributed by atoms with Crippen molar-refractivity contribution in [2.45, 2.75) is 18.9 Å². The number of hydrogen-bond donors (Lipinski definition) is 1. The predicted octanol–water partition coefficient (Wildman–Crippen LogP) is 0.798. The molecule has 2 aliphatic rings. The molecular weight excluding hydrogens is 268 g/mol. The Bertz CT molecular complexity index is 587. The molecule has 1 aromatic carbocycles. The van der Waals surface area contributed by atoms with Crippen molar-refractivity contribution in [1.29, 1.82) is 0 Å². The maximum absolute atomic E-state index is 11.6. The first-order valence-electron chi connectivity index (χ1n) is 6.25. The van der Waals surface area contributed by atoms with E-state index in [9.17, 15) is 8.42 Å². The Kier molecular flexibility index (Phi) is 3.12. The molecule has 6 nitrogen and oxygen atoms in total. The lowest BCUT2D eigenvalue weighted by atomic mass is 10.0. The summed E-state index contributed by atoms with van der Waals surface area (Å²) in [7, 11) is -3.66. The Morgan fingerprint density at radius 2 is 1.95 bits per heavy atom. The van der Waals surface area contributed by atoms with Crippen LogP contribution in [0.5, 0.6) is 11.5 Å². The number of ether oxygens (including phenoxy) is 2. The van der Waals surface area contributed by atoms with Gasteiger partial charge >= 0.3 is 0 Å². The van der Waals surface area contributed by atoms with Gasteiger partial charge in [-0.05, 0) is 30.5 Å². The predicted molar refractivity (Wildman–Crippen MR) is 69.2 cm³/mol. The number of benzene rings is 1. The van der Waals surface area contributed by atoms with Gasteiger partial charge in [0.15, 0.2) is 11.5 Å². The van der Waals surface area contributed by atoms with Crippen molar-refractivity contribution >= 4 is 10.2 Å². The van der Waals surface area contributed by atoms with E-state index in [1.165, 1.54) is 4.31 Å². The summed E-state index contributed by atoms with van der Waals surface area (Å²) in [6.07, 6.45) is 1.59. The van der Waals surface area contributed by atoms with Crippen molar-refractivity contribution < 1.29 is 17.9 Å². The van der Waals surface area contributed by atoms with Crippen LogP contribution in [0.15, 0.2) is 18.2 Å². The van der Waals surface area contributed by atoms with Crippen LogP contribution in [0.4, 0.5) is 0 Å². The van der Waals surface area contributed by atoms with Crippen LogP contribution in [0, 0.1) is 0 Å². The first-order valence-corrected chi connectivity index (χ1v) is 7.75. The molecule has 0 saturated carbocycles. The second-order valence-corrected chi connectivity index (χ2v) is 6.22. The topological polar surface area (TPSA) is 81.9 Å². The molecule has 1 saturated heterocycles. The monoisotopic (exact) mass is 284 g/mol. The zero-order chi connectivity index (χ0) is 13.5. The smallest absolute Gasteiger partial charge is 0.277 e. The number of nitrogens with two attached hydrogens (primary N) is 1. The summed E-state index contributed by atoms with van der Waals surface area (Å²) in [5.74, 6) is 1.38. The zero-order valence-corrected chi connectivity index (χ0v) is 11.2. The highest BCUT2D eigenvalue weighted by Gasteiger charge is 2.33. The first kappa shape index (κ1) is 12.7. The van der Waals surface area contributed by atoms with E-state index in [1.807, 2.05) is 18.2 Å². The van der Waals surface area contributed by atoms with E-state index >= 15 is 0 Å². The van der Waals surface area contributed by atoms with E-state index < -0.39 is 10.2 Å². The van der Waals surface area contributed by atoms with Crippen LogP contribution in [0.2, 0.25) is 0 Å². The molecule has 0 aromatic heterocycles. The molecule has 1 unspecified atom stereocenters. The summed E-state index contributed by atoms with van der Waals surface area (Å²) < 4.78 is 35.4. The highest BCUT2D eigenvalue weighted by molar-refractivity contribution is 7.86. The van der Waals surface area contributed by atoms with Gasteiger partial charge in [0.25, 0.3) is 10.2 Å². The average molecular weight is 284 g/mol. The van der Waals surface area contributed by atoms with E-state index in [4.69, 9.17) is 14.6 Å². The zero-order valence-electron chi connectivity index (χ0n) is 10.4. The number of nitrogens with zero attached hydrogens (tertiary/aromatic N) is 1. The van der Waals surface area contributed by atoms with Gasteiger partial charge in [0.2, 0.25) is 0 Å². The van der Waals surface area contributed by atoms with E-state index in [0.29, 0.717) is 31.3 Å². The molecule has 2 N–H and O–H groups in total. The standard InChI is InChI=1S/C12H16N2O4S/c13-19(15,16)14-5-1-2-10(14)9-3-4-11-12(8-9)18-7-6-17-11/h3-4,8,10H,1-2,5-7H2,(H2,13,15,16). The lowest BCUT2D eigenvalue weighted by Crippen LogP contribution is -2.36. The molecule has 0 spiro atoms. The van der Waals surface area contributed by atoms with Gasteiger partial charge < -0.3 is 9.47 Å². The van der Waals surface area contributed by atoms with Crippen LogP contribution in [0.25, 0.3) is 0 Å². The molecule has 2 aliphatic heterocycles. The van der Waals surface area contributed by atoms with Gasteiger partial charge in [0.1, 0.15) is 13.2 Å². The number of hydrogen-bond acceptors (Lipinski definition) is 4. The average Bonchev–Trinajstić information content (AvgIpc) is 2.87. The fourth-order valence-electron chi connectivity index (χ4n) is 2.65. The molecule has 1 aromatic rings. The summed E-state index contributed by atoms with van der Waals surface area (Å²) in [6, 6.07) is 5.35. The SMILES string of the molecule is NS(=O)(=O)N1CCCC1c1ccc2c(c1)OCCO2. The van der Waals surface area contributed by atoms with Crippen LogP contribution < -0.4 is 14.6 Å². The van der Waals surface area contributed by atoms with Crippen molar-refractivity contribution in [2.75, 3.05) is 19.8 Å². The lowest BCUT2D eigenvalue weighted by molar-refractivity contribution is 0.171. The Labute approximate surface area is 112 Å². The molecule has 19 heavy (non-hydrogen) atoms. The van der Waals surface area contributed by atoms with Crippen molar-refractivity contribution in [3.63, 3.8) is 0 Å². The minimum absolute atomic E-state index is 0.203. The maximum Gasteiger partial charge on any atom is 0.277 e. The van der Waals surface area contributed by atoms with E-state index in [0.717, 1.165) is 18.4 Å². The molecule has 0 amide bonds. The Morgan fingerprint density at radius 1 is 1.21 bits per heavy atom. The molecule has 2 heterocycles. The van der Waals surface area contributed by atoms with Gasteiger partial charge in [-0.2, -0.15) is 12.7 Å². The highest BCUT2D eigenvalue weighted by atomic mass is 32.2. The van der Waals surface area contributed by atoms with Crippen LogP contribution >= 0.6 is 0 Å². The minimum Gasteiger partial charge on any atom is -0.486 e. The summed E-state index contributed by atoms with van der Waals surface area (Å²) in [5.41, 5.74) is 0.899. The number of fused-ring (bicyclic) bond motifs is 1. The third-order valence-corrected chi connectivity index (χ3v) is 4.57. The van der Waals surface area contributed by atoms with E-state index in [2.05, 4.69) is 0 Å². The maximum atomic E-state index is 11.6. The van der Waals surface area contributed by atoms with Crippen LogP contribution in [0.3, 0.4) is 0 Å². The Hall–Kier alpha value is -1.31. The Balaban J connectivity index is 1.93. The van der Waals surface area contributed by atoms with Gasteiger partial charge in [-0.1, -0.05) is 6.07 Å². The van der Waals surface area contributed by atoms with Gasteiger partial charge in [-0.15, -0.1) is 0 Å². The van der Waals surface area contributed by atoms with Gasteiger partial charge in [-0.25, -0.2) is 5.14 Å². The minimum atomic E-state index is -3.66. The first-order chi connectivity index (χ1) is 9.05. The Morgan fingerprint density at radius 3 is 2.68 bits per heavy atom. The summed E-state index contributed by atoms with van der Waals surface area (Å²) in [6.45, 7) is 1.52. The van der Waals surface area contributed by atoms with Crippen molar-refractivity contribution in [3.8, 4) is 11.5 Å². The van der Waals surface area contributed by atoms with E-state index in [1.54, 1.807) is 0 Å². The van der Waals surface area contributed by atoms with E-state index in [-0.39, 0.29) is 6.04 Å². The van der Waals surface area contributed by atoms with Crippen LogP contribution in [-0.2, 0) is 10.2 Å². The lowest BCUT2D eigenvalue weighted by Gasteiger charge is -2.24. The van der Waals surface area contributed by atoms with Crippen LogP contribution in [-0.4, -0.2) is 32.5 Å². The third-order valence-electron chi connectivity index (χ3n) is 3.48. The fourth-order valence-corrected chi connectivity index (χ4v) is 3.61. The van der Waals surface area contributed by atoms with Gasteiger partial charge in [0.05, 0.1) is 6.04 Å². The molecule has 0 aliphatic carbocycles. The molecule has 0 radical (unpaired) electrons. The molecule has 0 bridgehead atoms. The van der Waals surface area contributed by atoms with Crippen molar-refractivity contribution in [3.05, 3.63) is 23.8 Å². The summed E-state index contributed by atoms with van der Waals surface area (Å²) >= 11 is 0. The second kappa shape index (κ2) is 4.66.